The number of aliphatic hydroxyl groups excluding tert-OH is 1. The van der Waals surface area contributed by atoms with Gasteiger partial charge in [0.05, 0.1) is 6.61 Å². The predicted molar refractivity (Wildman–Crippen MR) is 67.3 cm³/mol. The molecule has 0 heterocycles. The zero-order valence-electron chi connectivity index (χ0n) is 10.7. The van der Waals surface area contributed by atoms with E-state index in [-0.39, 0.29) is 18.1 Å². The summed E-state index contributed by atoms with van der Waals surface area (Å²) >= 11 is 0. The summed E-state index contributed by atoms with van der Waals surface area (Å²) in [4.78, 5) is 13.4. The maximum atomic E-state index is 13.1. The second-order valence-corrected chi connectivity index (χ2v) is 4.41. The molecule has 18 heavy (non-hydrogen) atoms. The topological polar surface area (TPSA) is 52.6 Å². The Morgan fingerprint density at radius 1 is 1.44 bits per heavy atom. The highest BCUT2D eigenvalue weighted by atomic mass is 19.1. The van der Waals surface area contributed by atoms with Crippen LogP contribution in [0.2, 0.25) is 0 Å². The van der Waals surface area contributed by atoms with Crippen LogP contribution in [0.4, 0.5) is 4.39 Å². The van der Waals surface area contributed by atoms with Crippen LogP contribution in [0.5, 0.6) is 0 Å². The monoisotopic (exact) mass is 254 g/mol. The second-order valence-electron chi connectivity index (χ2n) is 4.41. The summed E-state index contributed by atoms with van der Waals surface area (Å²) in [5.41, 5.74) is 1.02. The van der Waals surface area contributed by atoms with Crippen molar-refractivity contribution in [1.82, 2.24) is 10.2 Å². The lowest BCUT2D eigenvalue weighted by molar-refractivity contribution is -0.121. The third-order valence-electron chi connectivity index (χ3n) is 2.56. The van der Waals surface area contributed by atoms with E-state index < -0.39 is 5.82 Å². The number of amides is 1. The molecule has 0 saturated carbocycles. The van der Waals surface area contributed by atoms with E-state index in [0.29, 0.717) is 19.5 Å². The SMILES string of the molecule is CN(C)CCC(=O)NCc1ccc(F)c(CO)c1. The fraction of sp³-hybridized carbons (Fsp3) is 0.462. The number of aliphatic hydroxyl groups is 1. The zero-order valence-corrected chi connectivity index (χ0v) is 10.7. The lowest BCUT2D eigenvalue weighted by Crippen LogP contribution is -2.26. The highest BCUT2D eigenvalue weighted by Crippen LogP contribution is 2.10. The van der Waals surface area contributed by atoms with Crippen LogP contribution in [-0.2, 0) is 17.9 Å². The van der Waals surface area contributed by atoms with E-state index >= 15 is 0 Å². The molecule has 0 spiro atoms. The fourth-order valence-corrected chi connectivity index (χ4v) is 1.47. The largest absolute Gasteiger partial charge is 0.392 e. The minimum Gasteiger partial charge on any atom is -0.392 e. The van der Waals surface area contributed by atoms with Gasteiger partial charge in [0.1, 0.15) is 5.82 Å². The molecule has 1 amide bonds. The van der Waals surface area contributed by atoms with Gasteiger partial charge in [-0.3, -0.25) is 4.79 Å². The Morgan fingerprint density at radius 2 is 2.17 bits per heavy atom. The van der Waals surface area contributed by atoms with Gasteiger partial charge in [-0.1, -0.05) is 6.07 Å². The highest BCUT2D eigenvalue weighted by Gasteiger charge is 2.05. The summed E-state index contributed by atoms with van der Waals surface area (Å²) in [5.74, 6) is -0.473. The molecule has 1 rings (SSSR count). The third kappa shape index (κ3) is 4.81. The van der Waals surface area contributed by atoms with Gasteiger partial charge in [0, 0.05) is 25.1 Å². The molecule has 1 aromatic carbocycles. The Kier molecular flexibility index (Phi) is 5.74. The first-order valence-corrected chi connectivity index (χ1v) is 5.82. The van der Waals surface area contributed by atoms with Gasteiger partial charge in [-0.05, 0) is 31.8 Å². The Labute approximate surface area is 106 Å². The van der Waals surface area contributed by atoms with Crippen LogP contribution in [0.25, 0.3) is 0 Å². The first-order chi connectivity index (χ1) is 8.52. The average Bonchev–Trinajstić information content (AvgIpc) is 2.35. The standard InChI is InChI=1S/C13H19FN2O2/c1-16(2)6-5-13(18)15-8-10-3-4-12(14)11(7-10)9-17/h3-4,7,17H,5-6,8-9H2,1-2H3,(H,15,18). The van der Waals surface area contributed by atoms with Gasteiger partial charge >= 0.3 is 0 Å². The molecule has 4 nitrogen and oxygen atoms in total. The van der Waals surface area contributed by atoms with Crippen molar-refractivity contribution in [2.45, 2.75) is 19.6 Å². The van der Waals surface area contributed by atoms with Gasteiger partial charge in [-0.15, -0.1) is 0 Å². The fourth-order valence-electron chi connectivity index (χ4n) is 1.47. The van der Waals surface area contributed by atoms with Gasteiger partial charge in [0.25, 0.3) is 0 Å². The van der Waals surface area contributed by atoms with Gasteiger partial charge in [-0.2, -0.15) is 0 Å². The molecule has 2 N–H and O–H groups in total. The number of nitrogens with one attached hydrogen (secondary N) is 1. The number of halogens is 1. The van der Waals surface area contributed by atoms with E-state index in [4.69, 9.17) is 5.11 Å². The molecule has 0 unspecified atom stereocenters. The van der Waals surface area contributed by atoms with Crippen molar-refractivity contribution >= 4 is 5.91 Å². The number of nitrogens with zero attached hydrogens (tertiary/aromatic N) is 1. The molecule has 0 aliphatic heterocycles. The third-order valence-corrected chi connectivity index (χ3v) is 2.56. The van der Waals surface area contributed by atoms with Crippen molar-refractivity contribution in [3.63, 3.8) is 0 Å². The number of rotatable bonds is 6. The molecule has 0 fully saturated rings. The molecule has 1 aromatic rings. The van der Waals surface area contributed by atoms with Crippen molar-refractivity contribution in [2.24, 2.45) is 0 Å². The lowest BCUT2D eigenvalue weighted by atomic mass is 10.1. The first kappa shape index (κ1) is 14.6. The Bertz CT molecular complexity index is 408. The van der Waals surface area contributed by atoms with Crippen LogP contribution in [0, 0.1) is 5.82 Å². The molecule has 5 heteroatoms. The minimum atomic E-state index is -0.430. The number of hydrogen-bond acceptors (Lipinski definition) is 3. The molecule has 0 aliphatic rings. The molecular weight excluding hydrogens is 235 g/mol. The van der Waals surface area contributed by atoms with Gasteiger partial charge in [0.15, 0.2) is 0 Å². The van der Waals surface area contributed by atoms with Crippen LogP contribution >= 0.6 is 0 Å². The normalized spacial score (nSPS) is 10.7. The number of carbonyl (C=O) groups is 1. The van der Waals surface area contributed by atoms with Gasteiger partial charge in [-0.25, -0.2) is 4.39 Å². The van der Waals surface area contributed by atoms with Crippen molar-refractivity contribution < 1.29 is 14.3 Å². The quantitative estimate of drug-likeness (QED) is 0.792. The van der Waals surface area contributed by atoms with E-state index in [1.807, 2.05) is 19.0 Å². The summed E-state index contributed by atoms with van der Waals surface area (Å²) in [5, 5.41) is 11.7. The minimum absolute atomic E-state index is 0.0430. The molecule has 0 aromatic heterocycles. The molecule has 0 saturated heterocycles. The Balaban J connectivity index is 2.46. The van der Waals surface area contributed by atoms with E-state index in [2.05, 4.69) is 5.32 Å². The van der Waals surface area contributed by atoms with Gasteiger partial charge in [0.2, 0.25) is 5.91 Å². The van der Waals surface area contributed by atoms with E-state index in [1.54, 1.807) is 12.1 Å². The van der Waals surface area contributed by atoms with Crippen LogP contribution in [0.15, 0.2) is 18.2 Å². The van der Waals surface area contributed by atoms with Crippen LogP contribution < -0.4 is 5.32 Å². The summed E-state index contributed by atoms with van der Waals surface area (Å²) in [6.45, 7) is 0.699. The van der Waals surface area contributed by atoms with Crippen LogP contribution in [-0.4, -0.2) is 36.6 Å². The molecule has 100 valence electrons. The van der Waals surface area contributed by atoms with Gasteiger partial charge < -0.3 is 15.3 Å². The number of benzene rings is 1. The summed E-state index contributed by atoms with van der Waals surface area (Å²) < 4.78 is 13.1. The second kappa shape index (κ2) is 7.08. The summed E-state index contributed by atoms with van der Waals surface area (Å²) in [6.07, 6.45) is 0.432. The number of hydrogen-bond donors (Lipinski definition) is 2. The molecule has 0 bridgehead atoms. The lowest BCUT2D eigenvalue weighted by Gasteiger charge is -2.10. The van der Waals surface area contributed by atoms with Crippen molar-refractivity contribution in [3.05, 3.63) is 35.1 Å². The summed E-state index contributed by atoms with van der Waals surface area (Å²) in [6, 6.07) is 4.45. The molecule has 0 atom stereocenters. The van der Waals surface area contributed by atoms with Crippen LogP contribution in [0.3, 0.4) is 0 Å². The Hall–Kier alpha value is -1.46. The number of carbonyl (C=O) groups excluding carboxylic acids is 1. The highest BCUT2D eigenvalue weighted by molar-refractivity contribution is 5.76. The summed E-state index contributed by atoms with van der Waals surface area (Å²) in [7, 11) is 3.81. The van der Waals surface area contributed by atoms with E-state index in [0.717, 1.165) is 5.56 Å². The average molecular weight is 254 g/mol. The first-order valence-electron chi connectivity index (χ1n) is 5.82. The Morgan fingerprint density at radius 3 is 2.78 bits per heavy atom. The molecular formula is C13H19FN2O2. The van der Waals surface area contributed by atoms with Crippen LogP contribution in [0.1, 0.15) is 17.5 Å². The molecule has 0 aliphatic carbocycles. The zero-order chi connectivity index (χ0) is 13.5. The molecule has 0 radical (unpaired) electrons. The van der Waals surface area contributed by atoms with Crippen molar-refractivity contribution in [1.29, 1.82) is 0 Å². The predicted octanol–water partition coefficient (Wildman–Crippen LogP) is 0.886. The van der Waals surface area contributed by atoms with E-state index in [1.165, 1.54) is 6.07 Å². The van der Waals surface area contributed by atoms with E-state index in [9.17, 15) is 9.18 Å². The maximum absolute atomic E-state index is 13.1. The van der Waals surface area contributed by atoms with Crippen molar-refractivity contribution in [3.8, 4) is 0 Å². The van der Waals surface area contributed by atoms with Crippen molar-refractivity contribution in [2.75, 3.05) is 20.6 Å². The maximum Gasteiger partial charge on any atom is 0.221 e. The smallest absolute Gasteiger partial charge is 0.221 e.